The fourth-order valence-corrected chi connectivity index (χ4v) is 2.87. The Hall–Kier alpha value is -2.83. The Labute approximate surface area is 146 Å². The molecular formula is C18H22N4O3. The van der Waals surface area contributed by atoms with Crippen LogP contribution in [0.4, 0.5) is 0 Å². The van der Waals surface area contributed by atoms with Crippen molar-refractivity contribution in [3.05, 3.63) is 42.2 Å². The number of methoxy groups -OCH3 is 1. The normalized spacial score (nSPS) is 13.7. The number of aromatic nitrogens is 2. The number of para-hydroxylation sites is 1. The zero-order chi connectivity index (χ0) is 17.6. The molecule has 1 aliphatic heterocycles. The highest BCUT2D eigenvalue weighted by Gasteiger charge is 2.20. The molecule has 0 bridgehead atoms. The van der Waals surface area contributed by atoms with E-state index < -0.39 is 0 Å². The van der Waals surface area contributed by atoms with Gasteiger partial charge in [-0.2, -0.15) is 5.10 Å². The molecular weight excluding hydrogens is 320 g/mol. The summed E-state index contributed by atoms with van der Waals surface area (Å²) in [6.07, 6.45) is 4.09. The summed E-state index contributed by atoms with van der Waals surface area (Å²) in [5.41, 5.74) is 1.05. The van der Waals surface area contributed by atoms with Crippen LogP contribution in [-0.2, 0) is 4.79 Å². The first kappa shape index (κ1) is 17.0. The van der Waals surface area contributed by atoms with Crippen molar-refractivity contribution < 1.29 is 14.3 Å². The molecule has 7 nitrogen and oxygen atoms in total. The summed E-state index contributed by atoms with van der Waals surface area (Å²) in [7, 11) is 1.50. The van der Waals surface area contributed by atoms with E-state index in [0.717, 1.165) is 31.6 Å². The van der Waals surface area contributed by atoms with Crippen LogP contribution in [0, 0.1) is 0 Å². The predicted octanol–water partition coefficient (Wildman–Crippen LogP) is 1.62. The predicted molar refractivity (Wildman–Crippen MR) is 92.9 cm³/mol. The van der Waals surface area contributed by atoms with Crippen molar-refractivity contribution in [1.82, 2.24) is 20.0 Å². The largest absolute Gasteiger partial charge is 0.493 e. The number of benzene rings is 1. The van der Waals surface area contributed by atoms with Gasteiger partial charge in [-0.3, -0.25) is 9.59 Å². The highest BCUT2D eigenvalue weighted by Crippen LogP contribution is 2.19. The van der Waals surface area contributed by atoms with Crippen molar-refractivity contribution in [1.29, 1.82) is 0 Å². The Balaban J connectivity index is 1.61. The molecule has 132 valence electrons. The van der Waals surface area contributed by atoms with Gasteiger partial charge in [0, 0.05) is 26.1 Å². The minimum atomic E-state index is -0.347. The quantitative estimate of drug-likeness (QED) is 0.865. The molecule has 1 aromatic carbocycles. The number of carbonyl (C=O) groups is 2. The van der Waals surface area contributed by atoms with E-state index in [-0.39, 0.29) is 24.1 Å². The summed E-state index contributed by atoms with van der Waals surface area (Å²) >= 11 is 0. The van der Waals surface area contributed by atoms with E-state index in [9.17, 15) is 9.59 Å². The maximum absolute atomic E-state index is 12.4. The van der Waals surface area contributed by atoms with Crippen molar-refractivity contribution in [3.8, 4) is 11.4 Å². The summed E-state index contributed by atoms with van der Waals surface area (Å²) < 4.78 is 6.86. The highest BCUT2D eigenvalue weighted by atomic mass is 16.5. The van der Waals surface area contributed by atoms with E-state index in [1.807, 2.05) is 35.2 Å². The van der Waals surface area contributed by atoms with E-state index in [1.54, 1.807) is 10.9 Å². The minimum Gasteiger partial charge on any atom is -0.493 e. The van der Waals surface area contributed by atoms with Gasteiger partial charge in [-0.1, -0.05) is 18.2 Å². The lowest BCUT2D eigenvalue weighted by Gasteiger charge is -2.15. The number of ether oxygens (including phenoxy) is 1. The molecule has 1 saturated heterocycles. The molecule has 0 spiro atoms. The molecule has 0 radical (unpaired) electrons. The van der Waals surface area contributed by atoms with Gasteiger partial charge in [0.15, 0.2) is 11.4 Å². The third kappa shape index (κ3) is 3.99. The van der Waals surface area contributed by atoms with Crippen LogP contribution in [-0.4, -0.2) is 53.2 Å². The second-order valence-electron chi connectivity index (χ2n) is 5.92. The van der Waals surface area contributed by atoms with Gasteiger partial charge in [0.05, 0.1) is 19.0 Å². The molecule has 1 fully saturated rings. The van der Waals surface area contributed by atoms with Gasteiger partial charge in [-0.25, -0.2) is 4.68 Å². The van der Waals surface area contributed by atoms with Gasteiger partial charge in [-0.05, 0) is 25.0 Å². The second kappa shape index (κ2) is 7.83. The average Bonchev–Trinajstić information content (AvgIpc) is 3.32. The number of hydrogen-bond acceptors (Lipinski definition) is 4. The van der Waals surface area contributed by atoms with Gasteiger partial charge < -0.3 is 15.0 Å². The summed E-state index contributed by atoms with van der Waals surface area (Å²) in [4.78, 5) is 26.2. The Morgan fingerprint density at radius 2 is 1.92 bits per heavy atom. The lowest BCUT2D eigenvalue weighted by Crippen LogP contribution is -2.33. The second-order valence-corrected chi connectivity index (χ2v) is 5.92. The smallest absolute Gasteiger partial charge is 0.275 e. The van der Waals surface area contributed by atoms with Crippen molar-refractivity contribution in [2.75, 3.05) is 26.7 Å². The Bertz CT molecular complexity index is 736. The topological polar surface area (TPSA) is 76.5 Å². The molecule has 1 aliphatic rings. The standard InChI is InChI=1S/C18H22N4O3/c1-25-15-13-22(14-7-3-2-4-8-14)20-17(15)18(24)19-10-9-16(23)21-11-5-6-12-21/h2-4,7-8,13H,5-6,9-12H2,1H3,(H,19,24). The van der Waals surface area contributed by atoms with Gasteiger partial charge in [-0.15, -0.1) is 0 Å². The van der Waals surface area contributed by atoms with Crippen LogP contribution in [0.3, 0.4) is 0 Å². The van der Waals surface area contributed by atoms with Gasteiger partial charge in [0.25, 0.3) is 5.91 Å². The van der Waals surface area contributed by atoms with Gasteiger partial charge >= 0.3 is 0 Å². The highest BCUT2D eigenvalue weighted by molar-refractivity contribution is 5.95. The Morgan fingerprint density at radius 1 is 1.20 bits per heavy atom. The van der Waals surface area contributed by atoms with Crippen LogP contribution < -0.4 is 10.1 Å². The molecule has 0 atom stereocenters. The van der Waals surface area contributed by atoms with Gasteiger partial charge in [0.2, 0.25) is 5.91 Å². The Kier molecular flexibility index (Phi) is 5.33. The van der Waals surface area contributed by atoms with Crippen molar-refractivity contribution in [2.24, 2.45) is 0 Å². The third-order valence-electron chi connectivity index (χ3n) is 4.22. The molecule has 2 heterocycles. The lowest BCUT2D eigenvalue weighted by molar-refractivity contribution is -0.129. The average molecular weight is 342 g/mol. The van der Waals surface area contributed by atoms with E-state index in [1.165, 1.54) is 7.11 Å². The SMILES string of the molecule is COc1cn(-c2ccccc2)nc1C(=O)NCCC(=O)N1CCCC1. The van der Waals surface area contributed by atoms with Crippen LogP contribution in [0.1, 0.15) is 29.8 Å². The van der Waals surface area contributed by atoms with Crippen LogP contribution in [0.15, 0.2) is 36.5 Å². The number of likely N-dealkylation sites (tertiary alicyclic amines) is 1. The maximum atomic E-state index is 12.4. The molecule has 0 aliphatic carbocycles. The molecule has 25 heavy (non-hydrogen) atoms. The zero-order valence-electron chi connectivity index (χ0n) is 14.3. The third-order valence-corrected chi connectivity index (χ3v) is 4.22. The zero-order valence-corrected chi connectivity index (χ0v) is 14.3. The molecule has 3 rings (SSSR count). The fourth-order valence-electron chi connectivity index (χ4n) is 2.87. The number of nitrogens with zero attached hydrogens (tertiary/aromatic N) is 3. The monoisotopic (exact) mass is 342 g/mol. The molecule has 0 unspecified atom stereocenters. The molecule has 1 N–H and O–H groups in total. The van der Waals surface area contributed by atoms with Crippen LogP contribution >= 0.6 is 0 Å². The van der Waals surface area contributed by atoms with Crippen molar-refractivity contribution in [3.63, 3.8) is 0 Å². The maximum Gasteiger partial charge on any atom is 0.275 e. The van der Waals surface area contributed by atoms with E-state index in [2.05, 4.69) is 10.4 Å². The summed E-state index contributed by atoms with van der Waals surface area (Å²) in [5.74, 6) is 0.132. The first-order valence-corrected chi connectivity index (χ1v) is 8.44. The van der Waals surface area contributed by atoms with Crippen molar-refractivity contribution in [2.45, 2.75) is 19.3 Å². The number of hydrogen-bond donors (Lipinski definition) is 1. The lowest BCUT2D eigenvalue weighted by atomic mass is 10.3. The number of carbonyl (C=O) groups excluding carboxylic acids is 2. The Morgan fingerprint density at radius 3 is 2.60 bits per heavy atom. The molecule has 7 heteroatoms. The molecule has 2 amide bonds. The summed E-state index contributed by atoms with van der Waals surface area (Å²) in [6, 6.07) is 9.49. The van der Waals surface area contributed by atoms with Gasteiger partial charge in [0.1, 0.15) is 0 Å². The first-order valence-electron chi connectivity index (χ1n) is 8.44. The minimum absolute atomic E-state index is 0.0829. The van der Waals surface area contributed by atoms with Crippen LogP contribution in [0.5, 0.6) is 5.75 Å². The van der Waals surface area contributed by atoms with Crippen LogP contribution in [0.25, 0.3) is 5.69 Å². The number of amides is 2. The molecule has 2 aromatic rings. The van der Waals surface area contributed by atoms with E-state index in [0.29, 0.717) is 12.2 Å². The van der Waals surface area contributed by atoms with Crippen LogP contribution in [0.2, 0.25) is 0 Å². The number of rotatable bonds is 6. The molecule has 1 aromatic heterocycles. The summed E-state index contributed by atoms with van der Waals surface area (Å²) in [5, 5.41) is 7.06. The fraction of sp³-hybridized carbons (Fsp3) is 0.389. The first-order chi connectivity index (χ1) is 12.2. The molecule has 0 saturated carbocycles. The van der Waals surface area contributed by atoms with Crippen molar-refractivity contribution >= 4 is 11.8 Å². The van der Waals surface area contributed by atoms with E-state index >= 15 is 0 Å². The van der Waals surface area contributed by atoms with E-state index in [4.69, 9.17) is 4.74 Å². The summed E-state index contributed by atoms with van der Waals surface area (Å²) in [6.45, 7) is 1.93. The number of nitrogens with one attached hydrogen (secondary N) is 1.